The molecule has 0 aliphatic heterocycles. The maximum Gasteiger partial charge on any atom is 0.260 e. The number of rotatable bonds is 10. The van der Waals surface area contributed by atoms with E-state index in [0.29, 0.717) is 12.1 Å². The normalized spacial score (nSPS) is 11.3. The molecule has 0 atom stereocenters. The van der Waals surface area contributed by atoms with Crippen LogP contribution in [0.25, 0.3) is 10.2 Å². The zero-order valence-electron chi connectivity index (χ0n) is 20.3. The van der Waals surface area contributed by atoms with E-state index in [-0.39, 0.29) is 5.91 Å². The Labute approximate surface area is 196 Å². The van der Waals surface area contributed by atoms with E-state index in [9.17, 15) is 4.79 Å². The van der Waals surface area contributed by atoms with E-state index in [0.717, 1.165) is 53.8 Å². The van der Waals surface area contributed by atoms with Crippen LogP contribution in [0.1, 0.15) is 49.2 Å². The number of benzene rings is 2. The molecule has 0 N–H and O–H groups in total. The molecule has 0 aliphatic carbocycles. The van der Waals surface area contributed by atoms with Crippen molar-refractivity contribution in [3.63, 3.8) is 0 Å². The smallest absolute Gasteiger partial charge is 0.260 e. The van der Waals surface area contributed by atoms with E-state index >= 15 is 0 Å². The van der Waals surface area contributed by atoms with Gasteiger partial charge in [-0.1, -0.05) is 31.3 Å². The van der Waals surface area contributed by atoms with Gasteiger partial charge >= 0.3 is 0 Å². The van der Waals surface area contributed by atoms with Gasteiger partial charge in [0.1, 0.15) is 0 Å². The second kappa shape index (κ2) is 10.9. The van der Waals surface area contributed by atoms with Gasteiger partial charge in [-0.3, -0.25) is 9.69 Å². The first-order valence-electron chi connectivity index (χ1n) is 11.7. The Morgan fingerprint density at radius 2 is 1.53 bits per heavy atom. The Bertz CT molecular complexity index is 1040. The SMILES string of the molecule is CCN(CC)CCN(C(=O)c1ccc(N(CC)CC)cc1)c1nc2c(C)c(C)ccc2s1. The summed E-state index contributed by atoms with van der Waals surface area (Å²) in [6.07, 6.45) is 0. The topological polar surface area (TPSA) is 39.7 Å². The van der Waals surface area contributed by atoms with E-state index in [1.807, 2.05) is 17.0 Å². The predicted molar refractivity (Wildman–Crippen MR) is 139 cm³/mol. The number of hydrogen-bond donors (Lipinski definition) is 0. The quantitative estimate of drug-likeness (QED) is 0.393. The van der Waals surface area contributed by atoms with Crippen LogP contribution in [-0.2, 0) is 0 Å². The number of hydrogen-bond acceptors (Lipinski definition) is 5. The third kappa shape index (κ3) is 5.13. The molecule has 32 heavy (non-hydrogen) atoms. The van der Waals surface area contributed by atoms with Crippen LogP contribution in [0.5, 0.6) is 0 Å². The zero-order valence-corrected chi connectivity index (χ0v) is 21.1. The van der Waals surface area contributed by atoms with Gasteiger partial charge in [-0.25, -0.2) is 4.98 Å². The van der Waals surface area contributed by atoms with Gasteiger partial charge in [-0.2, -0.15) is 0 Å². The second-order valence-electron chi connectivity index (χ2n) is 8.05. The molecule has 1 heterocycles. The third-order valence-corrected chi connectivity index (χ3v) is 7.37. The molecule has 0 saturated heterocycles. The summed E-state index contributed by atoms with van der Waals surface area (Å²) >= 11 is 1.60. The Morgan fingerprint density at radius 1 is 0.875 bits per heavy atom. The minimum absolute atomic E-state index is 0.0108. The van der Waals surface area contributed by atoms with E-state index in [1.165, 1.54) is 11.1 Å². The number of carbonyl (C=O) groups is 1. The molecule has 0 fully saturated rings. The lowest BCUT2D eigenvalue weighted by Crippen LogP contribution is -2.38. The lowest BCUT2D eigenvalue weighted by molar-refractivity contribution is 0.0984. The van der Waals surface area contributed by atoms with E-state index in [4.69, 9.17) is 4.98 Å². The van der Waals surface area contributed by atoms with Crippen LogP contribution in [0.2, 0.25) is 0 Å². The molecule has 0 aliphatic rings. The molecule has 0 unspecified atom stereocenters. The number of thiazole rings is 1. The first kappa shape index (κ1) is 24.2. The summed E-state index contributed by atoms with van der Waals surface area (Å²) in [4.78, 5) is 25.1. The van der Waals surface area contributed by atoms with Gasteiger partial charge in [0, 0.05) is 37.4 Å². The van der Waals surface area contributed by atoms with E-state index in [2.05, 4.69) is 75.6 Å². The molecule has 1 aromatic heterocycles. The summed E-state index contributed by atoms with van der Waals surface area (Å²) in [7, 11) is 0. The number of aryl methyl sites for hydroxylation is 2. The van der Waals surface area contributed by atoms with Gasteiger partial charge in [-0.05, 0) is 82.2 Å². The van der Waals surface area contributed by atoms with Crippen molar-refractivity contribution in [1.82, 2.24) is 9.88 Å². The summed E-state index contributed by atoms with van der Waals surface area (Å²) in [6, 6.07) is 12.2. The van der Waals surface area contributed by atoms with Gasteiger partial charge in [0.25, 0.3) is 5.91 Å². The molecule has 1 amide bonds. The summed E-state index contributed by atoms with van der Waals surface area (Å²) in [5, 5.41) is 0.777. The summed E-state index contributed by atoms with van der Waals surface area (Å²) in [6.45, 7) is 18.1. The first-order valence-corrected chi connectivity index (χ1v) is 12.5. The van der Waals surface area contributed by atoms with Crippen molar-refractivity contribution in [1.29, 1.82) is 0 Å². The molecular formula is C26H36N4OS. The maximum absolute atomic E-state index is 13.6. The van der Waals surface area contributed by atoms with Crippen molar-refractivity contribution in [2.75, 3.05) is 49.1 Å². The summed E-state index contributed by atoms with van der Waals surface area (Å²) < 4.78 is 1.13. The fourth-order valence-electron chi connectivity index (χ4n) is 3.95. The molecule has 2 aromatic carbocycles. The highest BCUT2D eigenvalue weighted by Gasteiger charge is 2.22. The standard InChI is InChI=1S/C26H36N4OS/c1-7-28(8-2)17-18-30(26-27-24-20(6)19(5)11-16-23(24)32-26)25(31)21-12-14-22(15-13-21)29(9-3)10-4/h11-16H,7-10,17-18H2,1-6H3. The average Bonchev–Trinajstić information content (AvgIpc) is 3.25. The number of nitrogens with zero attached hydrogens (tertiary/aromatic N) is 4. The van der Waals surface area contributed by atoms with Crippen LogP contribution in [0.4, 0.5) is 10.8 Å². The number of aromatic nitrogens is 1. The molecule has 3 aromatic rings. The Hall–Kier alpha value is -2.44. The number of amides is 1. The lowest BCUT2D eigenvalue weighted by atomic mass is 10.1. The highest BCUT2D eigenvalue weighted by Crippen LogP contribution is 2.32. The van der Waals surface area contributed by atoms with Crippen LogP contribution < -0.4 is 9.80 Å². The van der Waals surface area contributed by atoms with Crippen LogP contribution in [0.3, 0.4) is 0 Å². The van der Waals surface area contributed by atoms with Crippen molar-refractivity contribution in [3.05, 3.63) is 53.1 Å². The summed E-state index contributed by atoms with van der Waals surface area (Å²) in [5.74, 6) is 0.0108. The number of fused-ring (bicyclic) bond motifs is 1. The predicted octanol–water partition coefficient (Wildman–Crippen LogP) is 5.75. The molecule has 0 radical (unpaired) electrons. The molecule has 0 bridgehead atoms. The minimum Gasteiger partial charge on any atom is -0.372 e. The molecule has 172 valence electrons. The van der Waals surface area contributed by atoms with Crippen molar-refractivity contribution >= 4 is 38.3 Å². The highest BCUT2D eigenvalue weighted by molar-refractivity contribution is 7.22. The third-order valence-electron chi connectivity index (χ3n) is 6.33. The molecule has 0 spiro atoms. The maximum atomic E-state index is 13.6. The van der Waals surface area contributed by atoms with Crippen LogP contribution >= 0.6 is 11.3 Å². The van der Waals surface area contributed by atoms with Crippen LogP contribution in [-0.4, -0.2) is 55.1 Å². The number of carbonyl (C=O) groups excluding carboxylic acids is 1. The lowest BCUT2D eigenvalue weighted by Gasteiger charge is -2.25. The second-order valence-corrected chi connectivity index (χ2v) is 9.06. The summed E-state index contributed by atoms with van der Waals surface area (Å²) in [5.41, 5.74) is 5.26. The van der Waals surface area contributed by atoms with Gasteiger partial charge in [0.15, 0.2) is 5.13 Å². The Kier molecular flexibility index (Phi) is 8.26. The molecule has 3 rings (SSSR count). The van der Waals surface area contributed by atoms with Crippen molar-refractivity contribution in [2.45, 2.75) is 41.5 Å². The minimum atomic E-state index is 0.0108. The average molecular weight is 453 g/mol. The van der Waals surface area contributed by atoms with Crippen molar-refractivity contribution in [3.8, 4) is 0 Å². The first-order chi connectivity index (χ1) is 15.4. The Morgan fingerprint density at radius 3 is 2.12 bits per heavy atom. The molecule has 5 nitrogen and oxygen atoms in total. The number of likely N-dealkylation sites (N-methyl/N-ethyl adjacent to an activating group) is 1. The largest absolute Gasteiger partial charge is 0.372 e. The van der Waals surface area contributed by atoms with Gasteiger partial charge in [0.2, 0.25) is 0 Å². The van der Waals surface area contributed by atoms with Crippen LogP contribution in [0.15, 0.2) is 36.4 Å². The van der Waals surface area contributed by atoms with Crippen LogP contribution in [0, 0.1) is 13.8 Å². The van der Waals surface area contributed by atoms with Crippen molar-refractivity contribution in [2.24, 2.45) is 0 Å². The fraction of sp³-hybridized carbons (Fsp3) is 0.462. The molecule has 6 heteroatoms. The molecule has 0 saturated carbocycles. The van der Waals surface area contributed by atoms with Crippen molar-refractivity contribution < 1.29 is 4.79 Å². The van der Waals surface area contributed by atoms with Gasteiger partial charge in [0.05, 0.1) is 10.2 Å². The van der Waals surface area contributed by atoms with E-state index in [1.54, 1.807) is 11.3 Å². The molecular weight excluding hydrogens is 416 g/mol. The zero-order chi connectivity index (χ0) is 23.3. The number of anilines is 2. The fourth-order valence-corrected chi connectivity index (χ4v) is 5.00. The van der Waals surface area contributed by atoms with Gasteiger partial charge < -0.3 is 9.80 Å². The van der Waals surface area contributed by atoms with E-state index < -0.39 is 0 Å². The van der Waals surface area contributed by atoms with Gasteiger partial charge in [-0.15, -0.1) is 0 Å². The Balaban J connectivity index is 1.95. The monoisotopic (exact) mass is 452 g/mol. The highest BCUT2D eigenvalue weighted by atomic mass is 32.1.